The second-order valence-corrected chi connectivity index (χ2v) is 4.97. The first-order valence-electron chi connectivity index (χ1n) is 6.41. The Morgan fingerprint density at radius 2 is 2.32 bits per heavy atom. The monoisotopic (exact) mass is 260 g/mol. The fourth-order valence-corrected chi connectivity index (χ4v) is 2.82. The molecule has 2 atom stereocenters. The van der Waals surface area contributed by atoms with Crippen LogP contribution in [0.4, 0.5) is 0 Å². The highest BCUT2D eigenvalue weighted by molar-refractivity contribution is 5.92. The van der Waals surface area contributed by atoms with Crippen LogP contribution in [0, 0.1) is 6.92 Å². The first-order valence-corrected chi connectivity index (χ1v) is 6.41. The molecule has 100 valence electrons. The summed E-state index contributed by atoms with van der Waals surface area (Å²) in [5, 5.41) is 9.10. The molecule has 1 aliphatic heterocycles. The molecule has 0 saturated carbocycles. The largest absolute Gasteiger partial charge is 0.478 e. The minimum absolute atomic E-state index is 0.129. The van der Waals surface area contributed by atoms with Crippen LogP contribution >= 0.6 is 0 Å². The maximum Gasteiger partial charge on any atom is 0.335 e. The average Bonchev–Trinajstić information content (AvgIpc) is 2.90. The van der Waals surface area contributed by atoms with Crippen LogP contribution in [0.2, 0.25) is 0 Å². The molecule has 0 bridgehead atoms. The lowest BCUT2D eigenvalue weighted by Crippen LogP contribution is -2.18. The number of aromatic nitrogens is 2. The number of aryl methyl sites for hydroxylation is 1. The number of imidazole rings is 1. The van der Waals surface area contributed by atoms with Gasteiger partial charge in [0.25, 0.3) is 0 Å². The lowest BCUT2D eigenvalue weighted by molar-refractivity contribution is 0.0697. The van der Waals surface area contributed by atoms with Crippen LogP contribution in [0.3, 0.4) is 0 Å². The molecule has 1 aliphatic rings. The number of benzene rings is 1. The van der Waals surface area contributed by atoms with E-state index in [0.29, 0.717) is 5.56 Å². The van der Waals surface area contributed by atoms with Gasteiger partial charge in [0.05, 0.1) is 28.7 Å². The fourth-order valence-electron chi connectivity index (χ4n) is 2.82. The third-order valence-corrected chi connectivity index (χ3v) is 3.78. The number of hydrogen-bond acceptors (Lipinski definition) is 3. The minimum Gasteiger partial charge on any atom is -0.478 e. The average molecular weight is 260 g/mol. The van der Waals surface area contributed by atoms with Gasteiger partial charge in [0.2, 0.25) is 0 Å². The second-order valence-electron chi connectivity index (χ2n) is 4.97. The Bertz CT molecular complexity index is 647. The van der Waals surface area contributed by atoms with Crippen molar-refractivity contribution < 1.29 is 14.6 Å². The van der Waals surface area contributed by atoms with E-state index in [1.165, 1.54) is 0 Å². The Morgan fingerprint density at radius 1 is 1.53 bits per heavy atom. The molecule has 1 fully saturated rings. The van der Waals surface area contributed by atoms with Crippen LogP contribution < -0.4 is 0 Å². The van der Waals surface area contributed by atoms with Crippen molar-refractivity contribution in [2.45, 2.75) is 32.4 Å². The molecule has 0 spiro atoms. The molecule has 3 rings (SSSR count). The van der Waals surface area contributed by atoms with E-state index < -0.39 is 5.97 Å². The van der Waals surface area contributed by atoms with Gasteiger partial charge in [0.15, 0.2) is 0 Å². The molecule has 1 saturated heterocycles. The number of aromatic carboxylic acids is 1. The highest BCUT2D eigenvalue weighted by Gasteiger charge is 2.28. The number of ether oxygens (including phenoxy) is 1. The van der Waals surface area contributed by atoms with Crippen molar-refractivity contribution >= 4 is 17.0 Å². The van der Waals surface area contributed by atoms with E-state index in [2.05, 4.69) is 9.55 Å². The van der Waals surface area contributed by atoms with Crippen LogP contribution in [0.15, 0.2) is 18.2 Å². The normalized spacial score (nSPS) is 23.1. The van der Waals surface area contributed by atoms with Crippen molar-refractivity contribution in [1.82, 2.24) is 9.55 Å². The quantitative estimate of drug-likeness (QED) is 0.900. The number of nitrogens with zero attached hydrogens (tertiary/aromatic N) is 2. The Hall–Kier alpha value is -1.88. The zero-order valence-corrected chi connectivity index (χ0v) is 11.0. The summed E-state index contributed by atoms with van der Waals surface area (Å²) in [6.45, 7) is 4.74. The Balaban J connectivity index is 2.19. The molecule has 0 amide bonds. The maximum absolute atomic E-state index is 11.1. The summed E-state index contributed by atoms with van der Waals surface area (Å²) in [7, 11) is 0. The van der Waals surface area contributed by atoms with E-state index in [0.717, 1.165) is 29.9 Å². The summed E-state index contributed by atoms with van der Waals surface area (Å²) < 4.78 is 7.72. The summed E-state index contributed by atoms with van der Waals surface area (Å²) in [5.41, 5.74) is 2.00. The molecule has 0 radical (unpaired) electrons. The molecular weight excluding hydrogens is 244 g/mol. The molecule has 1 aromatic heterocycles. The Kier molecular flexibility index (Phi) is 2.78. The van der Waals surface area contributed by atoms with Gasteiger partial charge in [-0.05, 0) is 38.5 Å². The van der Waals surface area contributed by atoms with Crippen molar-refractivity contribution in [2.75, 3.05) is 6.61 Å². The second kappa shape index (κ2) is 4.35. The summed E-state index contributed by atoms with van der Waals surface area (Å²) in [4.78, 5) is 15.6. The van der Waals surface area contributed by atoms with Crippen LogP contribution in [0.5, 0.6) is 0 Å². The predicted octanol–water partition coefficient (Wildman–Crippen LogP) is 2.39. The van der Waals surface area contributed by atoms with Crippen molar-refractivity contribution in [1.29, 1.82) is 0 Å². The maximum atomic E-state index is 11.1. The smallest absolute Gasteiger partial charge is 0.335 e. The first kappa shape index (κ1) is 12.2. The summed E-state index contributed by atoms with van der Waals surface area (Å²) in [6.07, 6.45) is 1.06. The van der Waals surface area contributed by atoms with Crippen molar-refractivity contribution in [2.24, 2.45) is 0 Å². The van der Waals surface area contributed by atoms with Crippen LogP contribution in [0.25, 0.3) is 11.0 Å². The Morgan fingerprint density at radius 3 is 2.95 bits per heavy atom. The summed E-state index contributed by atoms with van der Waals surface area (Å²) in [5.74, 6) is -0.0112. The van der Waals surface area contributed by atoms with Crippen LogP contribution in [-0.2, 0) is 4.74 Å². The minimum atomic E-state index is -0.914. The van der Waals surface area contributed by atoms with E-state index >= 15 is 0 Å². The van der Waals surface area contributed by atoms with E-state index in [1.54, 1.807) is 18.2 Å². The molecule has 0 aliphatic carbocycles. The lowest BCUT2D eigenvalue weighted by Gasteiger charge is -2.18. The topological polar surface area (TPSA) is 64.3 Å². The third-order valence-electron chi connectivity index (χ3n) is 3.78. The van der Waals surface area contributed by atoms with E-state index in [-0.39, 0.29) is 12.1 Å². The molecule has 1 N–H and O–H groups in total. The molecule has 2 heterocycles. The number of carboxylic acids is 1. The third kappa shape index (κ3) is 1.90. The number of carboxylic acid groups (broad SMARTS) is 1. The standard InChI is InChI=1S/C14H16N2O3/c1-8-12(5-6-19-8)16-9(2)15-11-4-3-10(14(17)18)7-13(11)16/h3-4,7-8,12H,5-6H2,1-2H3,(H,17,18). The van der Waals surface area contributed by atoms with Crippen molar-refractivity contribution in [3.05, 3.63) is 29.6 Å². The van der Waals surface area contributed by atoms with Gasteiger partial charge in [-0.25, -0.2) is 9.78 Å². The van der Waals surface area contributed by atoms with E-state index in [1.807, 2.05) is 13.8 Å². The van der Waals surface area contributed by atoms with Gasteiger partial charge < -0.3 is 14.4 Å². The molecular formula is C14H16N2O3. The zero-order chi connectivity index (χ0) is 13.6. The molecule has 2 aromatic rings. The Labute approximate surface area is 110 Å². The summed E-state index contributed by atoms with van der Waals surface area (Å²) in [6, 6.07) is 5.29. The molecule has 2 unspecified atom stereocenters. The predicted molar refractivity (Wildman–Crippen MR) is 70.5 cm³/mol. The molecule has 5 heteroatoms. The lowest BCUT2D eigenvalue weighted by atomic mass is 10.1. The molecule has 5 nitrogen and oxygen atoms in total. The number of rotatable bonds is 2. The number of hydrogen-bond donors (Lipinski definition) is 1. The molecule has 1 aromatic carbocycles. The van der Waals surface area contributed by atoms with Crippen molar-refractivity contribution in [3.8, 4) is 0 Å². The fraction of sp³-hybridized carbons (Fsp3) is 0.429. The molecule has 19 heavy (non-hydrogen) atoms. The van der Waals surface area contributed by atoms with E-state index in [4.69, 9.17) is 9.84 Å². The van der Waals surface area contributed by atoms with Crippen LogP contribution in [0.1, 0.15) is 35.6 Å². The van der Waals surface area contributed by atoms with Gasteiger partial charge in [-0.1, -0.05) is 0 Å². The van der Waals surface area contributed by atoms with E-state index in [9.17, 15) is 4.79 Å². The highest BCUT2D eigenvalue weighted by atomic mass is 16.5. The number of fused-ring (bicyclic) bond motifs is 1. The van der Waals surface area contributed by atoms with Gasteiger partial charge in [0, 0.05) is 6.61 Å². The van der Waals surface area contributed by atoms with Gasteiger partial charge >= 0.3 is 5.97 Å². The summed E-state index contributed by atoms with van der Waals surface area (Å²) >= 11 is 0. The number of carbonyl (C=O) groups is 1. The highest BCUT2D eigenvalue weighted by Crippen LogP contribution is 2.31. The van der Waals surface area contributed by atoms with Crippen molar-refractivity contribution in [3.63, 3.8) is 0 Å². The van der Waals surface area contributed by atoms with Gasteiger partial charge in [0.1, 0.15) is 5.82 Å². The van der Waals surface area contributed by atoms with Gasteiger partial charge in [-0.15, -0.1) is 0 Å². The van der Waals surface area contributed by atoms with Gasteiger partial charge in [-0.2, -0.15) is 0 Å². The van der Waals surface area contributed by atoms with Crippen LogP contribution in [-0.4, -0.2) is 33.3 Å². The SMILES string of the molecule is Cc1nc2ccc(C(=O)O)cc2n1C1CCOC1C. The first-order chi connectivity index (χ1) is 9.08. The zero-order valence-electron chi connectivity index (χ0n) is 11.0. The van der Waals surface area contributed by atoms with Gasteiger partial charge in [-0.3, -0.25) is 0 Å².